The number of halogens is 3. The van der Waals surface area contributed by atoms with Crippen molar-refractivity contribution >= 4 is 21.7 Å². The van der Waals surface area contributed by atoms with E-state index in [1.54, 1.807) is 12.1 Å². The summed E-state index contributed by atoms with van der Waals surface area (Å²) in [7, 11) is 2.90. The van der Waals surface area contributed by atoms with E-state index < -0.39 is 17.4 Å². The van der Waals surface area contributed by atoms with Gasteiger partial charge in [0.15, 0.2) is 17.4 Å². The highest BCUT2D eigenvalue weighted by atomic mass is 79.9. The second-order valence-electron chi connectivity index (χ2n) is 4.12. The van der Waals surface area contributed by atoms with Crippen molar-refractivity contribution in [2.45, 2.75) is 0 Å². The van der Waals surface area contributed by atoms with Crippen molar-refractivity contribution in [1.82, 2.24) is 0 Å². The second kappa shape index (κ2) is 6.22. The van der Waals surface area contributed by atoms with Gasteiger partial charge in [0.1, 0.15) is 11.5 Å². The number of ether oxygens (including phenoxy) is 2. The zero-order chi connectivity index (χ0) is 15.6. The number of hydrogen-bond acceptors (Lipinski definition) is 3. The van der Waals surface area contributed by atoms with Crippen molar-refractivity contribution in [2.24, 2.45) is 0 Å². The maximum absolute atomic E-state index is 13.5. The van der Waals surface area contributed by atoms with E-state index in [1.165, 1.54) is 26.4 Å². The Morgan fingerprint density at radius 1 is 1.05 bits per heavy atom. The van der Waals surface area contributed by atoms with Crippen molar-refractivity contribution < 1.29 is 23.0 Å². The highest BCUT2D eigenvalue weighted by molar-refractivity contribution is 9.10. The van der Waals surface area contributed by atoms with Crippen molar-refractivity contribution in [2.75, 3.05) is 14.2 Å². The Bertz CT molecular complexity index is 702. The van der Waals surface area contributed by atoms with E-state index in [0.717, 1.165) is 6.07 Å². The zero-order valence-corrected chi connectivity index (χ0v) is 12.8. The molecule has 0 aromatic heterocycles. The van der Waals surface area contributed by atoms with Crippen LogP contribution in [-0.4, -0.2) is 20.0 Å². The summed E-state index contributed by atoms with van der Waals surface area (Å²) in [4.78, 5) is 12.5. The fourth-order valence-corrected chi connectivity index (χ4v) is 2.33. The summed E-state index contributed by atoms with van der Waals surface area (Å²) in [6.07, 6.45) is 0. The van der Waals surface area contributed by atoms with Gasteiger partial charge in [-0.3, -0.25) is 4.79 Å². The van der Waals surface area contributed by atoms with Gasteiger partial charge in [-0.25, -0.2) is 8.78 Å². The van der Waals surface area contributed by atoms with E-state index in [9.17, 15) is 13.6 Å². The van der Waals surface area contributed by atoms with E-state index in [-0.39, 0.29) is 21.3 Å². The van der Waals surface area contributed by atoms with Crippen LogP contribution in [0.1, 0.15) is 15.9 Å². The summed E-state index contributed by atoms with van der Waals surface area (Å²) in [6.45, 7) is 0. The molecule has 3 nitrogen and oxygen atoms in total. The lowest BCUT2D eigenvalue weighted by Crippen LogP contribution is -2.07. The minimum absolute atomic E-state index is 0.0115. The van der Waals surface area contributed by atoms with Crippen LogP contribution in [0.2, 0.25) is 0 Å². The molecular formula is C15H11BrF2O3. The third kappa shape index (κ3) is 2.90. The predicted molar refractivity (Wildman–Crippen MR) is 77.0 cm³/mol. The molecule has 6 heteroatoms. The van der Waals surface area contributed by atoms with Crippen LogP contribution in [-0.2, 0) is 0 Å². The molecule has 110 valence electrons. The molecule has 0 heterocycles. The number of benzene rings is 2. The van der Waals surface area contributed by atoms with Crippen LogP contribution in [0.15, 0.2) is 34.8 Å². The SMILES string of the molecule is COc1ccc(C(=O)c2ccc(F)c(F)c2Br)c(OC)c1. The fraction of sp³-hybridized carbons (Fsp3) is 0.133. The van der Waals surface area contributed by atoms with Gasteiger partial charge < -0.3 is 9.47 Å². The van der Waals surface area contributed by atoms with E-state index >= 15 is 0 Å². The summed E-state index contributed by atoms with van der Waals surface area (Å²) in [5.41, 5.74) is 0.238. The van der Waals surface area contributed by atoms with Crippen LogP contribution in [0.5, 0.6) is 11.5 Å². The lowest BCUT2D eigenvalue weighted by molar-refractivity contribution is 0.103. The first-order valence-corrected chi connectivity index (χ1v) is 6.69. The Morgan fingerprint density at radius 2 is 1.71 bits per heavy atom. The number of rotatable bonds is 4. The number of methoxy groups -OCH3 is 2. The quantitative estimate of drug-likeness (QED) is 0.614. The Hall–Kier alpha value is -1.95. The molecule has 0 bridgehead atoms. The Morgan fingerprint density at radius 3 is 2.33 bits per heavy atom. The summed E-state index contributed by atoms with van der Waals surface area (Å²) in [6, 6.07) is 6.76. The number of ketones is 1. The predicted octanol–water partition coefficient (Wildman–Crippen LogP) is 3.98. The molecule has 0 radical (unpaired) electrons. The average molecular weight is 357 g/mol. The first kappa shape index (κ1) is 15.4. The van der Waals surface area contributed by atoms with Gasteiger partial charge in [0.05, 0.1) is 24.3 Å². The molecule has 2 aromatic carbocycles. The Balaban J connectivity index is 2.52. The maximum Gasteiger partial charge on any atom is 0.198 e. The van der Waals surface area contributed by atoms with Crippen molar-refractivity contribution in [3.05, 3.63) is 57.6 Å². The van der Waals surface area contributed by atoms with Gasteiger partial charge in [-0.1, -0.05) is 0 Å². The van der Waals surface area contributed by atoms with Gasteiger partial charge >= 0.3 is 0 Å². The lowest BCUT2D eigenvalue weighted by atomic mass is 10.0. The molecular weight excluding hydrogens is 346 g/mol. The molecule has 0 aliphatic carbocycles. The monoisotopic (exact) mass is 356 g/mol. The van der Waals surface area contributed by atoms with Crippen LogP contribution in [0.4, 0.5) is 8.78 Å². The number of carbonyl (C=O) groups excluding carboxylic acids is 1. The summed E-state index contributed by atoms with van der Waals surface area (Å²) in [5, 5.41) is 0. The van der Waals surface area contributed by atoms with Crippen LogP contribution >= 0.6 is 15.9 Å². The van der Waals surface area contributed by atoms with Crippen molar-refractivity contribution in [3.63, 3.8) is 0 Å². The second-order valence-corrected chi connectivity index (χ2v) is 4.91. The van der Waals surface area contributed by atoms with Crippen LogP contribution in [0, 0.1) is 11.6 Å². The van der Waals surface area contributed by atoms with Gasteiger partial charge in [-0.15, -0.1) is 0 Å². The molecule has 0 fully saturated rings. The van der Waals surface area contributed by atoms with Gasteiger partial charge in [0.2, 0.25) is 0 Å². The van der Waals surface area contributed by atoms with E-state index in [0.29, 0.717) is 5.75 Å². The summed E-state index contributed by atoms with van der Waals surface area (Å²) >= 11 is 2.90. The Labute approximate surface area is 128 Å². The average Bonchev–Trinajstić information content (AvgIpc) is 2.51. The lowest BCUT2D eigenvalue weighted by Gasteiger charge is -2.11. The maximum atomic E-state index is 13.5. The highest BCUT2D eigenvalue weighted by Gasteiger charge is 2.21. The van der Waals surface area contributed by atoms with Gasteiger partial charge in [-0.2, -0.15) is 0 Å². The van der Waals surface area contributed by atoms with E-state index in [2.05, 4.69) is 15.9 Å². The van der Waals surface area contributed by atoms with Crippen molar-refractivity contribution in [3.8, 4) is 11.5 Å². The van der Waals surface area contributed by atoms with Gasteiger partial charge in [0.25, 0.3) is 0 Å². The molecule has 0 spiro atoms. The fourth-order valence-electron chi connectivity index (χ4n) is 1.83. The minimum atomic E-state index is -1.10. The highest BCUT2D eigenvalue weighted by Crippen LogP contribution is 2.30. The molecule has 0 N–H and O–H groups in total. The van der Waals surface area contributed by atoms with Gasteiger partial charge in [-0.05, 0) is 40.2 Å². The first-order chi connectivity index (χ1) is 9.99. The molecule has 0 saturated carbocycles. The molecule has 0 aliphatic heterocycles. The molecule has 0 unspecified atom stereocenters. The molecule has 2 rings (SSSR count). The van der Waals surface area contributed by atoms with Crippen molar-refractivity contribution in [1.29, 1.82) is 0 Å². The molecule has 0 saturated heterocycles. The normalized spacial score (nSPS) is 10.3. The zero-order valence-electron chi connectivity index (χ0n) is 11.2. The minimum Gasteiger partial charge on any atom is -0.497 e. The van der Waals surface area contributed by atoms with Crippen LogP contribution < -0.4 is 9.47 Å². The number of carbonyl (C=O) groups is 1. The smallest absolute Gasteiger partial charge is 0.198 e. The molecule has 0 amide bonds. The standard InChI is InChI=1S/C15H11BrF2O3/c1-20-8-3-4-9(12(7-8)21-2)15(19)10-5-6-11(17)14(18)13(10)16/h3-7H,1-2H3. The van der Waals surface area contributed by atoms with E-state index in [4.69, 9.17) is 9.47 Å². The summed E-state index contributed by atoms with van der Waals surface area (Å²) in [5.74, 6) is -1.81. The van der Waals surface area contributed by atoms with Gasteiger partial charge in [0, 0.05) is 11.6 Å². The third-order valence-electron chi connectivity index (χ3n) is 2.93. The van der Waals surface area contributed by atoms with Crippen LogP contribution in [0.3, 0.4) is 0 Å². The largest absolute Gasteiger partial charge is 0.497 e. The first-order valence-electron chi connectivity index (χ1n) is 5.89. The molecule has 2 aromatic rings. The number of hydrogen-bond donors (Lipinski definition) is 0. The molecule has 0 atom stereocenters. The Kier molecular flexibility index (Phi) is 4.57. The summed E-state index contributed by atoms with van der Waals surface area (Å²) < 4.78 is 36.6. The van der Waals surface area contributed by atoms with E-state index in [1.807, 2.05) is 0 Å². The molecule has 0 aliphatic rings. The van der Waals surface area contributed by atoms with Crippen LogP contribution in [0.25, 0.3) is 0 Å². The topological polar surface area (TPSA) is 35.5 Å². The molecule has 21 heavy (non-hydrogen) atoms. The third-order valence-corrected chi connectivity index (χ3v) is 3.71.